The smallest absolute Gasteiger partial charge is 0.193 e. The van der Waals surface area contributed by atoms with E-state index >= 15 is 0 Å². The van der Waals surface area contributed by atoms with E-state index in [-0.39, 0.29) is 24.0 Å². The van der Waals surface area contributed by atoms with Gasteiger partial charge in [0.1, 0.15) is 0 Å². The van der Waals surface area contributed by atoms with Crippen LogP contribution in [0.25, 0.3) is 0 Å². The fraction of sp³-hybridized carbons (Fsp3) is 0.400. The van der Waals surface area contributed by atoms with E-state index in [9.17, 15) is 0 Å². The monoisotopic (exact) mass is 418 g/mol. The molecule has 0 amide bonds. The quantitative estimate of drug-likeness (QED) is 0.460. The van der Waals surface area contributed by atoms with Crippen LogP contribution in [0.15, 0.2) is 41.0 Å². The van der Waals surface area contributed by atoms with E-state index in [1.165, 1.54) is 10.4 Å². The topological polar surface area (TPSA) is 32.6 Å². The van der Waals surface area contributed by atoms with Crippen molar-refractivity contribution in [2.24, 2.45) is 12.0 Å². The van der Waals surface area contributed by atoms with Gasteiger partial charge in [0.25, 0.3) is 0 Å². The van der Waals surface area contributed by atoms with Gasteiger partial charge in [0, 0.05) is 51.5 Å². The molecule has 2 aromatic rings. The molecule has 0 aromatic carbocycles. The maximum Gasteiger partial charge on any atom is 0.193 e. The van der Waals surface area contributed by atoms with E-state index in [1.807, 2.05) is 25.4 Å². The zero-order chi connectivity index (χ0) is 14.4. The molecule has 0 aliphatic heterocycles. The standard InChI is InChI=1S/C15H22N4S.HI/c1-16-15(17-11-13-6-8-18(2)12-13)19(3)9-7-14-5-4-10-20-14;/h4-6,8,10,12H,7,9,11H2,1-3H3,(H,16,17);1H. The highest BCUT2D eigenvalue weighted by molar-refractivity contribution is 14.0. The lowest BCUT2D eigenvalue weighted by Gasteiger charge is -2.21. The summed E-state index contributed by atoms with van der Waals surface area (Å²) in [7, 11) is 5.94. The molecule has 116 valence electrons. The molecule has 1 N–H and O–H groups in total. The van der Waals surface area contributed by atoms with Crippen LogP contribution in [0.2, 0.25) is 0 Å². The van der Waals surface area contributed by atoms with Gasteiger partial charge in [-0.3, -0.25) is 4.99 Å². The Hall–Kier alpha value is -1.02. The number of nitrogens with zero attached hydrogens (tertiary/aromatic N) is 3. The number of aromatic nitrogens is 1. The van der Waals surface area contributed by atoms with E-state index in [1.54, 1.807) is 0 Å². The number of hydrogen-bond donors (Lipinski definition) is 1. The van der Waals surface area contributed by atoms with E-state index in [0.717, 1.165) is 25.5 Å². The van der Waals surface area contributed by atoms with Gasteiger partial charge in [-0.15, -0.1) is 35.3 Å². The fourth-order valence-electron chi connectivity index (χ4n) is 2.07. The van der Waals surface area contributed by atoms with Gasteiger partial charge in [-0.25, -0.2) is 0 Å². The molecular formula is C15H23IN4S. The summed E-state index contributed by atoms with van der Waals surface area (Å²) in [6, 6.07) is 6.40. The summed E-state index contributed by atoms with van der Waals surface area (Å²) >= 11 is 1.81. The van der Waals surface area contributed by atoms with Crippen LogP contribution in [0.4, 0.5) is 0 Å². The number of thiophene rings is 1. The number of hydrogen-bond acceptors (Lipinski definition) is 2. The molecule has 21 heavy (non-hydrogen) atoms. The molecule has 0 aliphatic rings. The molecule has 2 aromatic heterocycles. The molecule has 2 rings (SSSR count). The molecule has 0 saturated heterocycles. The van der Waals surface area contributed by atoms with Gasteiger partial charge in [-0.1, -0.05) is 6.07 Å². The van der Waals surface area contributed by atoms with E-state index in [2.05, 4.69) is 62.8 Å². The lowest BCUT2D eigenvalue weighted by atomic mass is 10.3. The molecule has 2 heterocycles. The zero-order valence-corrected chi connectivity index (χ0v) is 15.9. The number of aryl methyl sites for hydroxylation is 1. The predicted octanol–water partition coefficient (Wildman–Crippen LogP) is 2.95. The van der Waals surface area contributed by atoms with Gasteiger partial charge in [0.05, 0.1) is 0 Å². The number of halogens is 1. The van der Waals surface area contributed by atoms with Crippen LogP contribution in [0.1, 0.15) is 10.4 Å². The van der Waals surface area contributed by atoms with Gasteiger partial charge in [-0.05, 0) is 29.5 Å². The van der Waals surface area contributed by atoms with Gasteiger partial charge in [0.15, 0.2) is 5.96 Å². The summed E-state index contributed by atoms with van der Waals surface area (Å²) in [6.07, 6.45) is 5.23. The van der Waals surface area contributed by atoms with Crippen molar-refractivity contribution in [3.63, 3.8) is 0 Å². The molecular weight excluding hydrogens is 395 g/mol. The predicted molar refractivity (Wildman–Crippen MR) is 102 cm³/mol. The SMILES string of the molecule is CN=C(NCc1ccn(C)c1)N(C)CCc1cccs1.I. The minimum Gasteiger partial charge on any atom is -0.357 e. The molecule has 6 heteroatoms. The second-order valence-corrected chi connectivity index (χ2v) is 5.87. The first-order chi connectivity index (χ1) is 9.69. The number of guanidine groups is 1. The largest absolute Gasteiger partial charge is 0.357 e. The number of aliphatic imine (C=N–C) groups is 1. The van der Waals surface area contributed by atoms with Crippen molar-refractivity contribution in [3.05, 3.63) is 46.4 Å². The van der Waals surface area contributed by atoms with Gasteiger partial charge >= 0.3 is 0 Å². The highest BCUT2D eigenvalue weighted by Crippen LogP contribution is 2.09. The normalized spacial score (nSPS) is 11.1. The summed E-state index contributed by atoms with van der Waals surface area (Å²) in [4.78, 5) is 7.92. The summed E-state index contributed by atoms with van der Waals surface area (Å²) in [6.45, 7) is 1.77. The fourth-order valence-corrected chi connectivity index (χ4v) is 2.77. The molecule has 0 fully saturated rings. The average molecular weight is 418 g/mol. The first-order valence-corrected chi connectivity index (χ1v) is 7.62. The van der Waals surface area contributed by atoms with Crippen LogP contribution in [-0.4, -0.2) is 36.1 Å². The second-order valence-electron chi connectivity index (χ2n) is 4.84. The number of nitrogens with one attached hydrogen (secondary N) is 1. The van der Waals surface area contributed by atoms with Gasteiger partial charge < -0.3 is 14.8 Å². The Balaban J connectivity index is 0.00000220. The van der Waals surface area contributed by atoms with Crippen molar-refractivity contribution in [2.45, 2.75) is 13.0 Å². The third kappa shape index (κ3) is 5.70. The summed E-state index contributed by atoms with van der Waals surface area (Å²) in [5.74, 6) is 0.936. The Morgan fingerprint density at radius 1 is 1.43 bits per heavy atom. The highest BCUT2D eigenvalue weighted by atomic mass is 127. The first-order valence-electron chi connectivity index (χ1n) is 6.74. The summed E-state index contributed by atoms with van der Waals surface area (Å²) < 4.78 is 2.06. The third-order valence-electron chi connectivity index (χ3n) is 3.19. The maximum absolute atomic E-state index is 4.34. The van der Waals surface area contributed by atoms with Crippen LogP contribution in [0.5, 0.6) is 0 Å². The van der Waals surface area contributed by atoms with Crippen molar-refractivity contribution >= 4 is 41.3 Å². The Kier molecular flexibility index (Phi) is 7.81. The van der Waals surface area contributed by atoms with Crippen molar-refractivity contribution in [1.29, 1.82) is 0 Å². The Morgan fingerprint density at radius 3 is 2.81 bits per heavy atom. The van der Waals surface area contributed by atoms with Crippen LogP contribution in [0.3, 0.4) is 0 Å². The first kappa shape index (κ1) is 18.0. The molecule has 0 unspecified atom stereocenters. The van der Waals surface area contributed by atoms with Crippen molar-refractivity contribution in [1.82, 2.24) is 14.8 Å². The maximum atomic E-state index is 4.34. The molecule has 0 aliphatic carbocycles. The summed E-state index contributed by atoms with van der Waals surface area (Å²) in [5, 5.41) is 5.52. The van der Waals surface area contributed by atoms with Crippen molar-refractivity contribution < 1.29 is 0 Å². The van der Waals surface area contributed by atoms with E-state index in [4.69, 9.17) is 0 Å². The van der Waals surface area contributed by atoms with Gasteiger partial charge in [-0.2, -0.15) is 0 Å². The molecule has 0 spiro atoms. The van der Waals surface area contributed by atoms with Crippen LogP contribution in [-0.2, 0) is 20.0 Å². The molecule has 0 atom stereocenters. The average Bonchev–Trinajstić information content (AvgIpc) is 3.08. The molecule has 0 saturated carbocycles. The molecule has 0 radical (unpaired) electrons. The number of likely N-dealkylation sites (N-methyl/N-ethyl adjacent to an activating group) is 1. The molecule has 4 nitrogen and oxygen atoms in total. The van der Waals surface area contributed by atoms with Gasteiger partial charge in [0.2, 0.25) is 0 Å². The van der Waals surface area contributed by atoms with Crippen LogP contribution < -0.4 is 5.32 Å². The number of rotatable bonds is 5. The lowest BCUT2D eigenvalue weighted by molar-refractivity contribution is 0.486. The lowest BCUT2D eigenvalue weighted by Crippen LogP contribution is -2.39. The third-order valence-corrected chi connectivity index (χ3v) is 4.13. The Bertz CT molecular complexity index is 548. The minimum atomic E-state index is 0. The Labute approximate surface area is 147 Å². The zero-order valence-electron chi connectivity index (χ0n) is 12.7. The van der Waals surface area contributed by atoms with E-state index < -0.39 is 0 Å². The minimum absolute atomic E-state index is 0. The summed E-state index contributed by atoms with van der Waals surface area (Å²) in [5.41, 5.74) is 1.26. The van der Waals surface area contributed by atoms with Crippen molar-refractivity contribution in [2.75, 3.05) is 20.6 Å². The van der Waals surface area contributed by atoms with Crippen LogP contribution in [0, 0.1) is 0 Å². The van der Waals surface area contributed by atoms with Crippen molar-refractivity contribution in [3.8, 4) is 0 Å². The molecule has 0 bridgehead atoms. The Morgan fingerprint density at radius 2 is 2.24 bits per heavy atom. The van der Waals surface area contributed by atoms with Crippen LogP contribution >= 0.6 is 35.3 Å². The second kappa shape index (κ2) is 9.09. The van der Waals surface area contributed by atoms with E-state index in [0.29, 0.717) is 0 Å². The highest BCUT2D eigenvalue weighted by Gasteiger charge is 2.06.